The standard InChI is InChI=1S/C23H25FN4O/c1-2-28(23(29)22-26-20-13-7-12-19(24)21(20)27-22)18-11-6-10-17(14-18)25-15-16-8-4-3-5-9-16/h3-5,7-9,12-14,18,25H,2,6,10-11,15H2,1H3,(H,26,27)/t18-/m0/s1. The molecule has 0 saturated heterocycles. The molecule has 1 heterocycles. The largest absolute Gasteiger partial charge is 0.384 e. The molecule has 1 aromatic heterocycles. The average Bonchev–Trinajstić information content (AvgIpc) is 3.20. The monoisotopic (exact) mass is 392 g/mol. The minimum absolute atomic E-state index is 0.00224. The number of nitrogens with zero attached hydrogens (tertiary/aromatic N) is 2. The third-order valence-corrected chi connectivity index (χ3v) is 5.37. The van der Waals surface area contributed by atoms with E-state index in [-0.39, 0.29) is 23.3 Å². The Labute approximate surface area is 169 Å². The molecule has 1 amide bonds. The number of carbonyl (C=O) groups excluding carboxylic acids is 1. The fourth-order valence-corrected chi connectivity index (χ4v) is 3.87. The number of rotatable bonds is 6. The second-order valence-electron chi connectivity index (χ2n) is 7.30. The van der Waals surface area contributed by atoms with Crippen molar-refractivity contribution in [1.82, 2.24) is 20.2 Å². The number of carbonyl (C=O) groups is 1. The third-order valence-electron chi connectivity index (χ3n) is 5.37. The minimum Gasteiger partial charge on any atom is -0.384 e. The summed E-state index contributed by atoms with van der Waals surface area (Å²) in [5.74, 6) is -0.441. The van der Waals surface area contributed by atoms with Crippen LogP contribution in [0.2, 0.25) is 0 Å². The van der Waals surface area contributed by atoms with Gasteiger partial charge in [0, 0.05) is 18.8 Å². The molecule has 0 fully saturated rings. The van der Waals surface area contributed by atoms with E-state index in [0.29, 0.717) is 12.1 Å². The molecular formula is C23H25FN4O. The number of nitrogens with one attached hydrogen (secondary N) is 2. The summed E-state index contributed by atoms with van der Waals surface area (Å²) in [4.78, 5) is 22.1. The van der Waals surface area contributed by atoms with Crippen molar-refractivity contribution in [1.29, 1.82) is 0 Å². The van der Waals surface area contributed by atoms with Crippen LogP contribution in [0, 0.1) is 5.82 Å². The quantitative estimate of drug-likeness (QED) is 0.654. The molecule has 0 spiro atoms. The first kappa shape index (κ1) is 19.2. The molecular weight excluding hydrogens is 367 g/mol. The fourth-order valence-electron chi connectivity index (χ4n) is 3.87. The summed E-state index contributed by atoms with van der Waals surface area (Å²) in [6, 6.07) is 14.9. The van der Waals surface area contributed by atoms with Crippen molar-refractivity contribution in [2.75, 3.05) is 6.54 Å². The number of hydrogen-bond donors (Lipinski definition) is 2. The summed E-state index contributed by atoms with van der Waals surface area (Å²) in [7, 11) is 0. The Morgan fingerprint density at radius 1 is 1.24 bits per heavy atom. The molecule has 1 aliphatic carbocycles. The lowest BCUT2D eigenvalue weighted by atomic mass is 9.98. The van der Waals surface area contributed by atoms with Crippen LogP contribution < -0.4 is 5.32 Å². The summed E-state index contributed by atoms with van der Waals surface area (Å²) < 4.78 is 14.0. The number of halogens is 1. The lowest BCUT2D eigenvalue weighted by Crippen LogP contribution is -2.41. The Balaban J connectivity index is 1.51. The molecule has 4 rings (SSSR count). The van der Waals surface area contributed by atoms with Gasteiger partial charge in [-0.2, -0.15) is 0 Å². The highest BCUT2D eigenvalue weighted by Crippen LogP contribution is 2.23. The van der Waals surface area contributed by atoms with Crippen LogP contribution in [0.25, 0.3) is 11.0 Å². The number of aromatic nitrogens is 2. The summed E-state index contributed by atoms with van der Waals surface area (Å²) in [6.45, 7) is 3.29. The number of para-hydroxylation sites is 1. The van der Waals surface area contributed by atoms with Crippen molar-refractivity contribution < 1.29 is 9.18 Å². The lowest BCUT2D eigenvalue weighted by molar-refractivity contribution is 0.0700. The number of likely N-dealkylation sites (N-methyl/N-ethyl adjacent to an activating group) is 1. The first-order chi connectivity index (χ1) is 14.2. The van der Waals surface area contributed by atoms with Crippen LogP contribution in [0.1, 0.15) is 42.4 Å². The van der Waals surface area contributed by atoms with Crippen molar-refractivity contribution in [2.45, 2.75) is 38.8 Å². The molecule has 2 N–H and O–H groups in total. The van der Waals surface area contributed by atoms with E-state index in [2.05, 4.69) is 33.5 Å². The lowest BCUT2D eigenvalue weighted by Gasteiger charge is -2.32. The highest BCUT2D eigenvalue weighted by molar-refractivity contribution is 5.94. The van der Waals surface area contributed by atoms with E-state index in [0.717, 1.165) is 31.5 Å². The third kappa shape index (κ3) is 4.16. The summed E-state index contributed by atoms with van der Waals surface area (Å²) >= 11 is 0. The van der Waals surface area contributed by atoms with Crippen LogP contribution in [0.4, 0.5) is 4.39 Å². The van der Waals surface area contributed by atoms with Gasteiger partial charge in [-0.3, -0.25) is 4.79 Å². The smallest absolute Gasteiger partial charge is 0.290 e. The molecule has 0 unspecified atom stereocenters. The molecule has 5 nitrogen and oxygen atoms in total. The van der Waals surface area contributed by atoms with Gasteiger partial charge in [0.2, 0.25) is 0 Å². The van der Waals surface area contributed by atoms with E-state index >= 15 is 0 Å². The van der Waals surface area contributed by atoms with Gasteiger partial charge < -0.3 is 15.2 Å². The average molecular weight is 392 g/mol. The van der Waals surface area contributed by atoms with Gasteiger partial charge in [0.25, 0.3) is 5.91 Å². The number of amides is 1. The maximum atomic E-state index is 14.0. The van der Waals surface area contributed by atoms with Gasteiger partial charge in [0.1, 0.15) is 5.52 Å². The number of benzene rings is 2. The van der Waals surface area contributed by atoms with E-state index in [1.165, 1.54) is 11.6 Å². The molecule has 3 aromatic rings. The molecule has 6 heteroatoms. The van der Waals surface area contributed by atoms with Gasteiger partial charge in [0.15, 0.2) is 11.6 Å². The van der Waals surface area contributed by atoms with Crippen molar-refractivity contribution in [2.24, 2.45) is 0 Å². The zero-order chi connectivity index (χ0) is 20.2. The Kier molecular flexibility index (Phi) is 5.60. The molecule has 0 saturated carbocycles. The summed E-state index contributed by atoms with van der Waals surface area (Å²) in [6.07, 6.45) is 5.05. The van der Waals surface area contributed by atoms with Crippen LogP contribution in [0.15, 0.2) is 60.3 Å². The Bertz CT molecular complexity index is 1030. The van der Waals surface area contributed by atoms with Gasteiger partial charge in [-0.15, -0.1) is 0 Å². The summed E-state index contributed by atoms with van der Waals surface area (Å²) in [5.41, 5.74) is 3.13. The van der Waals surface area contributed by atoms with Crippen molar-refractivity contribution >= 4 is 16.9 Å². The van der Waals surface area contributed by atoms with E-state index in [9.17, 15) is 9.18 Å². The number of fused-ring (bicyclic) bond motifs is 1. The molecule has 1 aliphatic rings. The maximum Gasteiger partial charge on any atom is 0.290 e. The highest BCUT2D eigenvalue weighted by atomic mass is 19.1. The SMILES string of the molecule is CCN(C(=O)c1nc2c(F)cccc2[nH]1)[C@@H]1C=C(NCc2ccccc2)CCC1. The Morgan fingerprint density at radius 2 is 2.07 bits per heavy atom. The molecule has 150 valence electrons. The van der Waals surface area contributed by atoms with Gasteiger partial charge in [0.05, 0.1) is 11.6 Å². The second kappa shape index (κ2) is 8.47. The molecule has 29 heavy (non-hydrogen) atoms. The first-order valence-electron chi connectivity index (χ1n) is 10.1. The number of allylic oxidation sites excluding steroid dienone is 1. The van der Waals surface area contributed by atoms with Gasteiger partial charge in [-0.05, 0) is 50.0 Å². The van der Waals surface area contributed by atoms with E-state index in [1.807, 2.05) is 25.1 Å². The minimum atomic E-state index is -0.425. The van der Waals surface area contributed by atoms with Crippen molar-refractivity contribution in [3.63, 3.8) is 0 Å². The zero-order valence-corrected chi connectivity index (χ0v) is 16.5. The zero-order valence-electron chi connectivity index (χ0n) is 16.5. The molecule has 0 radical (unpaired) electrons. The van der Waals surface area contributed by atoms with Gasteiger partial charge >= 0.3 is 0 Å². The number of aromatic amines is 1. The predicted octanol–water partition coefficient (Wildman–Crippen LogP) is 4.39. The molecule has 2 aromatic carbocycles. The van der Waals surface area contributed by atoms with Crippen molar-refractivity contribution in [3.05, 3.63) is 77.5 Å². The van der Waals surface area contributed by atoms with Crippen LogP contribution in [-0.4, -0.2) is 33.4 Å². The topological polar surface area (TPSA) is 61.0 Å². The molecule has 1 atom stereocenters. The van der Waals surface area contributed by atoms with Gasteiger partial charge in [-0.25, -0.2) is 9.37 Å². The van der Waals surface area contributed by atoms with E-state index in [4.69, 9.17) is 0 Å². The van der Waals surface area contributed by atoms with Crippen LogP contribution in [0.3, 0.4) is 0 Å². The van der Waals surface area contributed by atoms with Crippen LogP contribution in [-0.2, 0) is 6.54 Å². The normalized spacial score (nSPS) is 16.5. The first-order valence-corrected chi connectivity index (χ1v) is 10.1. The molecule has 0 aliphatic heterocycles. The van der Waals surface area contributed by atoms with E-state index < -0.39 is 5.82 Å². The number of imidazole rings is 1. The Morgan fingerprint density at radius 3 is 2.83 bits per heavy atom. The van der Waals surface area contributed by atoms with Gasteiger partial charge in [-0.1, -0.05) is 36.4 Å². The fraction of sp³-hybridized carbons (Fsp3) is 0.304. The highest BCUT2D eigenvalue weighted by Gasteiger charge is 2.27. The number of hydrogen-bond acceptors (Lipinski definition) is 3. The maximum absolute atomic E-state index is 14.0. The van der Waals surface area contributed by atoms with Crippen molar-refractivity contribution in [3.8, 4) is 0 Å². The molecule has 0 bridgehead atoms. The second-order valence-corrected chi connectivity index (χ2v) is 7.30. The predicted molar refractivity (Wildman–Crippen MR) is 112 cm³/mol. The summed E-state index contributed by atoms with van der Waals surface area (Å²) in [5, 5.41) is 3.50. The van der Waals surface area contributed by atoms with Crippen LogP contribution >= 0.6 is 0 Å². The van der Waals surface area contributed by atoms with E-state index in [1.54, 1.807) is 17.0 Å². The number of H-pyrrole nitrogens is 1. The van der Waals surface area contributed by atoms with Crippen LogP contribution in [0.5, 0.6) is 0 Å². The Hall–Kier alpha value is -3.15.